The van der Waals surface area contributed by atoms with Crippen molar-refractivity contribution >= 4 is 5.78 Å². The lowest BCUT2D eigenvalue weighted by atomic mass is 10.1. The maximum atomic E-state index is 10.6. The highest BCUT2D eigenvalue weighted by atomic mass is 16.1. The molecule has 1 atom stereocenters. The summed E-state index contributed by atoms with van der Waals surface area (Å²) in [5, 5.41) is 0. The molecule has 0 amide bonds. The SMILES string of the molecule is C=C[C@@H]1CCC(=O)C1. The van der Waals surface area contributed by atoms with Crippen molar-refractivity contribution in [2.24, 2.45) is 5.92 Å². The maximum Gasteiger partial charge on any atom is 0.133 e. The van der Waals surface area contributed by atoms with Crippen molar-refractivity contribution in [2.45, 2.75) is 19.3 Å². The minimum absolute atomic E-state index is 0.398. The lowest BCUT2D eigenvalue weighted by Gasteiger charge is -1.93. The molecule has 0 aromatic rings. The van der Waals surface area contributed by atoms with E-state index in [9.17, 15) is 4.79 Å². The Balaban J connectivity index is 2.43. The number of carbonyl (C=O) groups is 1. The van der Waals surface area contributed by atoms with Crippen LogP contribution in [0.1, 0.15) is 19.3 Å². The van der Waals surface area contributed by atoms with Crippen LogP contribution < -0.4 is 0 Å². The van der Waals surface area contributed by atoms with Gasteiger partial charge in [-0.3, -0.25) is 4.79 Å². The molecule has 0 N–H and O–H groups in total. The van der Waals surface area contributed by atoms with Crippen LogP contribution in [0, 0.1) is 5.92 Å². The summed E-state index contributed by atoms with van der Waals surface area (Å²) in [5.74, 6) is 0.886. The van der Waals surface area contributed by atoms with E-state index in [0.717, 1.165) is 19.3 Å². The van der Waals surface area contributed by atoms with Crippen molar-refractivity contribution < 1.29 is 4.79 Å². The summed E-state index contributed by atoms with van der Waals surface area (Å²) in [6, 6.07) is 0. The fraction of sp³-hybridized carbons (Fsp3) is 0.571. The van der Waals surface area contributed by atoms with E-state index < -0.39 is 0 Å². The van der Waals surface area contributed by atoms with Crippen molar-refractivity contribution in [3.05, 3.63) is 12.7 Å². The second kappa shape index (κ2) is 2.12. The fourth-order valence-electron chi connectivity index (χ4n) is 1.04. The van der Waals surface area contributed by atoms with Gasteiger partial charge in [-0.15, -0.1) is 6.58 Å². The Labute approximate surface area is 49.4 Å². The largest absolute Gasteiger partial charge is 0.300 e. The summed E-state index contributed by atoms with van der Waals surface area (Å²) in [6.45, 7) is 3.62. The van der Waals surface area contributed by atoms with Gasteiger partial charge in [0.1, 0.15) is 5.78 Å². The third-order valence-electron chi connectivity index (χ3n) is 1.62. The van der Waals surface area contributed by atoms with Crippen molar-refractivity contribution in [2.75, 3.05) is 0 Å². The molecule has 1 aliphatic carbocycles. The van der Waals surface area contributed by atoms with Crippen molar-refractivity contribution in [1.29, 1.82) is 0 Å². The molecule has 0 spiro atoms. The molecule has 1 rings (SSSR count). The minimum Gasteiger partial charge on any atom is -0.300 e. The maximum absolute atomic E-state index is 10.6. The number of carbonyl (C=O) groups excluding carboxylic acids is 1. The van der Waals surface area contributed by atoms with Crippen molar-refractivity contribution in [3.8, 4) is 0 Å². The van der Waals surface area contributed by atoms with Gasteiger partial charge in [0, 0.05) is 12.8 Å². The smallest absolute Gasteiger partial charge is 0.133 e. The van der Waals surface area contributed by atoms with E-state index in [0.29, 0.717) is 11.7 Å². The van der Waals surface area contributed by atoms with Gasteiger partial charge in [0.2, 0.25) is 0 Å². The monoisotopic (exact) mass is 110 g/mol. The van der Waals surface area contributed by atoms with Crippen LogP contribution in [0.2, 0.25) is 0 Å². The molecule has 0 aliphatic heterocycles. The normalized spacial score (nSPS) is 28.5. The zero-order valence-corrected chi connectivity index (χ0v) is 4.89. The molecule has 1 aliphatic rings. The number of Topliss-reactive ketones (excluding diaryl/α,β-unsaturated/α-hetero) is 1. The summed E-state index contributed by atoms with van der Waals surface area (Å²) >= 11 is 0. The lowest BCUT2D eigenvalue weighted by Crippen LogP contribution is -1.88. The molecule has 8 heavy (non-hydrogen) atoms. The van der Waals surface area contributed by atoms with Gasteiger partial charge in [0.05, 0.1) is 0 Å². The minimum atomic E-state index is 0.398. The van der Waals surface area contributed by atoms with E-state index in [1.54, 1.807) is 0 Å². The lowest BCUT2D eigenvalue weighted by molar-refractivity contribution is -0.117. The van der Waals surface area contributed by atoms with Crippen LogP contribution in [0.5, 0.6) is 0 Å². The average molecular weight is 110 g/mol. The van der Waals surface area contributed by atoms with E-state index in [2.05, 4.69) is 6.58 Å². The Hall–Kier alpha value is -0.590. The number of allylic oxidation sites excluding steroid dienone is 1. The third-order valence-corrected chi connectivity index (χ3v) is 1.62. The van der Waals surface area contributed by atoms with Gasteiger partial charge < -0.3 is 0 Å². The molecule has 0 aromatic heterocycles. The van der Waals surface area contributed by atoms with Crippen molar-refractivity contribution in [1.82, 2.24) is 0 Å². The summed E-state index contributed by atoms with van der Waals surface area (Å²) in [7, 11) is 0. The number of hydrogen-bond acceptors (Lipinski definition) is 1. The summed E-state index contributed by atoms with van der Waals surface area (Å²) in [5.41, 5.74) is 0. The van der Waals surface area contributed by atoms with Gasteiger partial charge in [0.15, 0.2) is 0 Å². The van der Waals surface area contributed by atoms with Crippen LogP contribution in [0.4, 0.5) is 0 Å². The summed E-state index contributed by atoms with van der Waals surface area (Å²) < 4.78 is 0. The number of hydrogen-bond donors (Lipinski definition) is 0. The Bertz CT molecular complexity index is 116. The van der Waals surface area contributed by atoms with Crippen LogP contribution in [-0.4, -0.2) is 5.78 Å². The highest BCUT2D eigenvalue weighted by molar-refractivity contribution is 5.80. The molecule has 0 bridgehead atoms. The molecular formula is C7H10O. The highest BCUT2D eigenvalue weighted by Gasteiger charge is 2.18. The first-order chi connectivity index (χ1) is 3.83. The molecule has 0 unspecified atom stereocenters. The molecule has 1 fully saturated rings. The molecule has 0 radical (unpaired) electrons. The first-order valence-electron chi connectivity index (χ1n) is 2.97. The van der Waals surface area contributed by atoms with Gasteiger partial charge in [-0.05, 0) is 12.3 Å². The molecule has 44 valence electrons. The average Bonchev–Trinajstić information content (AvgIpc) is 2.14. The first kappa shape index (κ1) is 5.54. The van der Waals surface area contributed by atoms with Crippen LogP contribution in [0.3, 0.4) is 0 Å². The predicted molar refractivity (Wildman–Crippen MR) is 32.5 cm³/mol. The van der Waals surface area contributed by atoms with Crippen LogP contribution in [0.25, 0.3) is 0 Å². The van der Waals surface area contributed by atoms with E-state index >= 15 is 0 Å². The van der Waals surface area contributed by atoms with Crippen molar-refractivity contribution in [3.63, 3.8) is 0 Å². The van der Waals surface area contributed by atoms with Gasteiger partial charge in [0.25, 0.3) is 0 Å². The molecular weight excluding hydrogens is 100 g/mol. The van der Waals surface area contributed by atoms with E-state index in [-0.39, 0.29) is 0 Å². The standard InChI is InChI=1S/C7H10O/c1-2-6-3-4-7(8)5-6/h2,6H,1,3-5H2/t6-/m1/s1. The predicted octanol–water partition coefficient (Wildman–Crippen LogP) is 1.54. The van der Waals surface area contributed by atoms with Crippen LogP contribution in [0.15, 0.2) is 12.7 Å². The number of rotatable bonds is 1. The van der Waals surface area contributed by atoms with Crippen LogP contribution in [-0.2, 0) is 4.79 Å². The van der Waals surface area contributed by atoms with Gasteiger partial charge in [-0.25, -0.2) is 0 Å². The Morgan fingerprint density at radius 1 is 1.75 bits per heavy atom. The Morgan fingerprint density at radius 3 is 2.75 bits per heavy atom. The topological polar surface area (TPSA) is 17.1 Å². The summed E-state index contributed by atoms with van der Waals surface area (Å²) in [6.07, 6.45) is 4.42. The number of ketones is 1. The molecule has 1 heteroatoms. The third kappa shape index (κ3) is 0.971. The van der Waals surface area contributed by atoms with Gasteiger partial charge in [-0.2, -0.15) is 0 Å². The second-order valence-corrected chi connectivity index (χ2v) is 2.28. The molecule has 0 aromatic carbocycles. The Kier molecular flexibility index (Phi) is 1.47. The van der Waals surface area contributed by atoms with Gasteiger partial charge >= 0.3 is 0 Å². The Morgan fingerprint density at radius 2 is 2.50 bits per heavy atom. The van der Waals surface area contributed by atoms with Crippen LogP contribution >= 0.6 is 0 Å². The van der Waals surface area contributed by atoms with E-state index in [1.807, 2.05) is 6.08 Å². The van der Waals surface area contributed by atoms with E-state index in [4.69, 9.17) is 0 Å². The summed E-state index contributed by atoms with van der Waals surface area (Å²) in [4.78, 5) is 10.6. The quantitative estimate of drug-likeness (QED) is 0.468. The van der Waals surface area contributed by atoms with Gasteiger partial charge in [-0.1, -0.05) is 6.08 Å². The highest BCUT2D eigenvalue weighted by Crippen LogP contribution is 2.21. The molecule has 0 saturated heterocycles. The second-order valence-electron chi connectivity index (χ2n) is 2.28. The zero-order chi connectivity index (χ0) is 5.98. The fourth-order valence-corrected chi connectivity index (χ4v) is 1.04. The first-order valence-corrected chi connectivity index (χ1v) is 2.97. The zero-order valence-electron chi connectivity index (χ0n) is 4.89. The molecule has 1 saturated carbocycles. The molecule has 1 nitrogen and oxygen atoms in total. The molecule has 0 heterocycles. The van der Waals surface area contributed by atoms with E-state index in [1.165, 1.54) is 0 Å².